The van der Waals surface area contributed by atoms with Crippen molar-refractivity contribution in [2.75, 3.05) is 4.90 Å². The SMILES string of the molecule is O=C=C(C1CCc2ccccc2C1)N(c1ccccc1)c1cccnc1. The van der Waals surface area contributed by atoms with Crippen molar-refractivity contribution in [1.82, 2.24) is 4.98 Å². The standard InChI is InChI=1S/C23H20N2O/c26-17-23(20-13-12-18-7-4-5-8-19(18)15-20)25(21-9-2-1-3-10-21)22-11-6-14-24-16-22/h1-11,14,16,20H,12-13,15H2. The summed E-state index contributed by atoms with van der Waals surface area (Å²) < 4.78 is 0. The van der Waals surface area contributed by atoms with Gasteiger partial charge in [-0.1, -0.05) is 42.5 Å². The van der Waals surface area contributed by atoms with E-state index < -0.39 is 0 Å². The Labute approximate surface area is 153 Å². The Hall–Kier alpha value is -3.16. The molecule has 0 fully saturated rings. The zero-order valence-corrected chi connectivity index (χ0v) is 14.5. The normalized spacial score (nSPS) is 15.6. The molecule has 1 heterocycles. The Kier molecular flexibility index (Phi) is 4.63. The molecule has 1 aliphatic rings. The topological polar surface area (TPSA) is 33.2 Å². The number of hydrogen-bond donors (Lipinski definition) is 0. The highest BCUT2D eigenvalue weighted by atomic mass is 16.1. The summed E-state index contributed by atoms with van der Waals surface area (Å²) in [6.45, 7) is 0. The van der Waals surface area contributed by atoms with Gasteiger partial charge in [-0.2, -0.15) is 0 Å². The minimum Gasteiger partial charge on any atom is -0.303 e. The van der Waals surface area contributed by atoms with E-state index >= 15 is 0 Å². The smallest absolute Gasteiger partial charge is 0.146 e. The molecule has 0 amide bonds. The van der Waals surface area contributed by atoms with E-state index in [1.165, 1.54) is 11.1 Å². The van der Waals surface area contributed by atoms with Gasteiger partial charge in [0.1, 0.15) is 11.6 Å². The molecule has 0 saturated heterocycles. The van der Waals surface area contributed by atoms with Crippen molar-refractivity contribution < 1.29 is 4.79 Å². The van der Waals surface area contributed by atoms with Gasteiger partial charge in [-0.15, -0.1) is 0 Å². The average molecular weight is 340 g/mol. The van der Waals surface area contributed by atoms with Crippen molar-refractivity contribution in [2.24, 2.45) is 5.92 Å². The summed E-state index contributed by atoms with van der Waals surface area (Å²) >= 11 is 0. The lowest BCUT2D eigenvalue weighted by Gasteiger charge is -2.32. The van der Waals surface area contributed by atoms with Gasteiger partial charge in [0.05, 0.1) is 11.9 Å². The number of hydrogen-bond acceptors (Lipinski definition) is 3. The van der Waals surface area contributed by atoms with Gasteiger partial charge in [-0.3, -0.25) is 4.98 Å². The molecule has 0 spiro atoms. The summed E-state index contributed by atoms with van der Waals surface area (Å²) in [6, 6.07) is 22.4. The minimum absolute atomic E-state index is 0.141. The van der Waals surface area contributed by atoms with Gasteiger partial charge in [-0.05, 0) is 54.7 Å². The van der Waals surface area contributed by atoms with E-state index in [4.69, 9.17) is 0 Å². The maximum absolute atomic E-state index is 12.1. The second-order valence-electron chi connectivity index (χ2n) is 6.58. The molecule has 128 valence electrons. The quantitative estimate of drug-likeness (QED) is 0.643. The summed E-state index contributed by atoms with van der Waals surface area (Å²) in [5, 5.41) is 0. The van der Waals surface area contributed by atoms with E-state index in [-0.39, 0.29) is 5.92 Å². The summed E-state index contributed by atoms with van der Waals surface area (Å²) in [5.41, 5.74) is 5.24. The third-order valence-electron chi connectivity index (χ3n) is 5.00. The van der Waals surface area contributed by atoms with E-state index in [1.54, 1.807) is 12.4 Å². The summed E-state index contributed by atoms with van der Waals surface area (Å²) in [6.07, 6.45) is 6.34. The van der Waals surface area contributed by atoms with Crippen LogP contribution in [0.4, 0.5) is 11.4 Å². The molecule has 0 radical (unpaired) electrons. The lowest BCUT2D eigenvalue weighted by Crippen LogP contribution is -2.27. The molecule has 26 heavy (non-hydrogen) atoms. The predicted molar refractivity (Wildman–Crippen MR) is 104 cm³/mol. The van der Waals surface area contributed by atoms with E-state index in [0.717, 1.165) is 30.6 Å². The fourth-order valence-electron chi connectivity index (χ4n) is 3.73. The highest BCUT2D eigenvalue weighted by Gasteiger charge is 2.28. The van der Waals surface area contributed by atoms with Crippen LogP contribution >= 0.6 is 0 Å². The molecule has 0 N–H and O–H groups in total. The second-order valence-corrected chi connectivity index (χ2v) is 6.58. The number of allylic oxidation sites excluding steroid dienone is 1. The first-order valence-corrected chi connectivity index (χ1v) is 8.94. The maximum atomic E-state index is 12.1. The maximum Gasteiger partial charge on any atom is 0.146 e. The van der Waals surface area contributed by atoms with Crippen LogP contribution in [-0.2, 0) is 17.6 Å². The molecule has 0 aliphatic heterocycles. The van der Waals surface area contributed by atoms with Gasteiger partial charge in [-0.25, -0.2) is 4.79 Å². The number of nitrogens with zero attached hydrogens (tertiary/aromatic N) is 2. The average Bonchev–Trinajstić information content (AvgIpc) is 2.73. The molecular formula is C23H20N2O. The molecule has 3 heteroatoms. The molecule has 1 aromatic heterocycles. The van der Waals surface area contributed by atoms with Crippen LogP contribution in [-0.4, -0.2) is 10.9 Å². The number of anilines is 2. The Balaban J connectivity index is 1.74. The molecule has 3 nitrogen and oxygen atoms in total. The number of pyridine rings is 1. The fourth-order valence-corrected chi connectivity index (χ4v) is 3.73. The zero-order chi connectivity index (χ0) is 17.8. The number of rotatable bonds is 4. The van der Waals surface area contributed by atoms with Crippen LogP contribution in [0.1, 0.15) is 17.5 Å². The summed E-state index contributed by atoms with van der Waals surface area (Å²) in [5.74, 6) is 2.41. The van der Waals surface area contributed by atoms with Crippen LogP contribution in [0.5, 0.6) is 0 Å². The summed E-state index contributed by atoms with van der Waals surface area (Å²) in [4.78, 5) is 18.3. The molecule has 4 rings (SSSR count). The third kappa shape index (κ3) is 3.17. The van der Waals surface area contributed by atoms with Gasteiger partial charge in [0.2, 0.25) is 0 Å². The number of carbonyl (C=O) groups excluding carboxylic acids is 1. The number of aryl methyl sites for hydroxylation is 1. The lowest BCUT2D eigenvalue weighted by atomic mass is 9.82. The molecule has 1 aliphatic carbocycles. The third-order valence-corrected chi connectivity index (χ3v) is 5.00. The van der Waals surface area contributed by atoms with Crippen molar-refractivity contribution in [3.8, 4) is 0 Å². The van der Waals surface area contributed by atoms with Crippen molar-refractivity contribution in [1.29, 1.82) is 0 Å². The number of benzene rings is 2. The molecular weight excluding hydrogens is 320 g/mol. The van der Waals surface area contributed by atoms with Crippen molar-refractivity contribution in [3.63, 3.8) is 0 Å². The largest absolute Gasteiger partial charge is 0.303 e. The van der Waals surface area contributed by atoms with Gasteiger partial charge in [0.25, 0.3) is 0 Å². The monoisotopic (exact) mass is 340 g/mol. The van der Waals surface area contributed by atoms with Crippen molar-refractivity contribution in [3.05, 3.63) is 95.9 Å². The van der Waals surface area contributed by atoms with E-state index in [0.29, 0.717) is 5.70 Å². The highest BCUT2D eigenvalue weighted by molar-refractivity contribution is 5.75. The molecule has 1 unspecified atom stereocenters. The van der Waals surface area contributed by atoms with Gasteiger partial charge in [0.15, 0.2) is 0 Å². The number of aromatic nitrogens is 1. The van der Waals surface area contributed by atoms with Crippen molar-refractivity contribution in [2.45, 2.75) is 19.3 Å². The molecule has 1 atom stereocenters. The van der Waals surface area contributed by atoms with E-state index in [1.807, 2.05) is 47.4 Å². The van der Waals surface area contributed by atoms with Crippen LogP contribution in [0.2, 0.25) is 0 Å². The van der Waals surface area contributed by atoms with Crippen LogP contribution in [0.15, 0.2) is 84.8 Å². The molecule has 2 aromatic carbocycles. The second kappa shape index (κ2) is 7.38. The molecule has 0 bridgehead atoms. The summed E-state index contributed by atoms with van der Waals surface area (Å²) in [7, 11) is 0. The Bertz CT molecular complexity index is 891. The number of para-hydroxylation sites is 1. The first-order chi connectivity index (χ1) is 12.9. The van der Waals surface area contributed by atoms with Crippen molar-refractivity contribution >= 4 is 17.3 Å². The Morgan fingerprint density at radius 3 is 2.38 bits per heavy atom. The minimum atomic E-state index is 0.141. The van der Waals surface area contributed by atoms with Gasteiger partial charge >= 0.3 is 0 Å². The van der Waals surface area contributed by atoms with E-state index in [9.17, 15) is 4.79 Å². The highest BCUT2D eigenvalue weighted by Crippen LogP contribution is 2.36. The number of fused-ring (bicyclic) bond motifs is 1. The fraction of sp³-hybridized carbons (Fsp3) is 0.174. The predicted octanol–water partition coefficient (Wildman–Crippen LogP) is 4.74. The van der Waals surface area contributed by atoms with Gasteiger partial charge < -0.3 is 4.90 Å². The van der Waals surface area contributed by atoms with Crippen LogP contribution in [0.3, 0.4) is 0 Å². The lowest BCUT2D eigenvalue weighted by molar-refractivity contribution is 0.510. The molecule has 3 aromatic rings. The zero-order valence-electron chi connectivity index (χ0n) is 14.5. The first kappa shape index (κ1) is 16.3. The first-order valence-electron chi connectivity index (χ1n) is 8.94. The Morgan fingerprint density at radius 2 is 1.65 bits per heavy atom. The van der Waals surface area contributed by atoms with Crippen LogP contribution < -0.4 is 4.90 Å². The Morgan fingerprint density at radius 1 is 0.923 bits per heavy atom. The molecule has 0 saturated carbocycles. The van der Waals surface area contributed by atoms with Crippen LogP contribution in [0.25, 0.3) is 0 Å². The van der Waals surface area contributed by atoms with Crippen LogP contribution in [0, 0.1) is 5.92 Å². The van der Waals surface area contributed by atoms with Gasteiger partial charge in [0, 0.05) is 17.8 Å². The van der Waals surface area contributed by atoms with E-state index in [2.05, 4.69) is 35.2 Å².